The van der Waals surface area contributed by atoms with Crippen LogP contribution in [0.1, 0.15) is 25.7 Å². The average Bonchev–Trinajstić information content (AvgIpc) is 2.99. The first-order chi connectivity index (χ1) is 10.3. The zero-order valence-electron chi connectivity index (χ0n) is 12.0. The fourth-order valence-electron chi connectivity index (χ4n) is 3.39. The lowest BCUT2D eigenvalue weighted by molar-refractivity contribution is 0.359. The van der Waals surface area contributed by atoms with E-state index in [2.05, 4.69) is 28.5 Å². The van der Waals surface area contributed by atoms with Gasteiger partial charge in [0.25, 0.3) is 0 Å². The van der Waals surface area contributed by atoms with E-state index in [1.54, 1.807) is 0 Å². The first kappa shape index (κ1) is 13.1. The number of thioether (sulfide) groups is 1. The summed E-state index contributed by atoms with van der Waals surface area (Å²) in [5.41, 5.74) is 1.60. The summed E-state index contributed by atoms with van der Waals surface area (Å²) >= 11 is 1.88. The Morgan fingerprint density at radius 3 is 2.86 bits per heavy atom. The van der Waals surface area contributed by atoms with Crippen molar-refractivity contribution in [2.24, 2.45) is 10.4 Å². The fourth-order valence-corrected chi connectivity index (χ4v) is 4.55. The maximum Gasteiger partial charge on any atom is 0.161 e. The molecule has 1 aliphatic carbocycles. The number of fused-ring (bicyclic) bond motifs is 1. The molecule has 0 amide bonds. The average molecular weight is 297 g/mol. The number of aromatic nitrogens is 1. The Kier molecular flexibility index (Phi) is 3.34. The summed E-state index contributed by atoms with van der Waals surface area (Å²) in [6.45, 7) is 0.991. The van der Waals surface area contributed by atoms with Crippen LogP contribution < -0.4 is 5.32 Å². The summed E-state index contributed by atoms with van der Waals surface area (Å²) in [6, 6.07) is 8.35. The van der Waals surface area contributed by atoms with Gasteiger partial charge >= 0.3 is 0 Å². The monoisotopic (exact) mass is 297 g/mol. The van der Waals surface area contributed by atoms with Crippen molar-refractivity contribution in [3.63, 3.8) is 0 Å². The molecular weight excluding hydrogens is 278 g/mol. The van der Waals surface area contributed by atoms with Crippen molar-refractivity contribution in [3.05, 3.63) is 36.7 Å². The van der Waals surface area contributed by atoms with E-state index >= 15 is 0 Å². The highest BCUT2D eigenvalue weighted by Gasteiger charge is 2.36. The second kappa shape index (κ2) is 5.34. The fraction of sp³-hybridized carbons (Fsp3) is 0.412. The Balaban J connectivity index is 1.57. The second-order valence-corrected chi connectivity index (χ2v) is 7.11. The molecule has 1 saturated carbocycles. The molecule has 0 unspecified atom stereocenters. The van der Waals surface area contributed by atoms with Gasteiger partial charge in [-0.1, -0.05) is 36.7 Å². The molecule has 1 fully saturated rings. The summed E-state index contributed by atoms with van der Waals surface area (Å²) in [7, 11) is 0. The number of nitrogens with one attached hydrogen (secondary N) is 1. The van der Waals surface area contributed by atoms with Crippen molar-refractivity contribution in [1.82, 2.24) is 4.98 Å². The minimum atomic E-state index is 0.496. The first-order valence-corrected chi connectivity index (χ1v) is 8.60. The molecule has 4 rings (SSSR count). The van der Waals surface area contributed by atoms with E-state index in [-0.39, 0.29) is 0 Å². The van der Waals surface area contributed by atoms with Gasteiger partial charge < -0.3 is 5.32 Å². The molecule has 0 bridgehead atoms. The highest BCUT2D eigenvalue weighted by atomic mass is 32.2. The number of anilines is 1. The number of benzene rings is 1. The smallest absolute Gasteiger partial charge is 0.161 e. The summed E-state index contributed by atoms with van der Waals surface area (Å²) in [4.78, 5) is 9.05. The Hall–Kier alpha value is -1.55. The number of rotatable bonds is 1. The van der Waals surface area contributed by atoms with Crippen molar-refractivity contribution >= 4 is 33.4 Å². The lowest BCUT2D eigenvalue weighted by atomic mass is 9.89. The van der Waals surface area contributed by atoms with Gasteiger partial charge in [-0.15, -0.1) is 0 Å². The molecule has 21 heavy (non-hydrogen) atoms. The molecule has 1 aliphatic heterocycles. The van der Waals surface area contributed by atoms with Gasteiger partial charge in [0, 0.05) is 35.8 Å². The third-order valence-corrected chi connectivity index (χ3v) is 5.92. The molecule has 1 aromatic carbocycles. The van der Waals surface area contributed by atoms with Crippen LogP contribution in [0.2, 0.25) is 0 Å². The molecule has 2 heterocycles. The molecule has 0 atom stereocenters. The molecule has 108 valence electrons. The van der Waals surface area contributed by atoms with E-state index in [0.717, 1.165) is 22.8 Å². The maximum atomic E-state index is 4.81. The maximum absolute atomic E-state index is 4.81. The van der Waals surface area contributed by atoms with Crippen molar-refractivity contribution < 1.29 is 0 Å². The Morgan fingerprint density at radius 2 is 2.05 bits per heavy atom. The van der Waals surface area contributed by atoms with Crippen LogP contribution in [-0.4, -0.2) is 22.4 Å². The number of aliphatic imine (C=N–C) groups is 1. The van der Waals surface area contributed by atoms with E-state index in [1.807, 2.05) is 30.2 Å². The molecular formula is C17H19N3S. The largest absolute Gasteiger partial charge is 0.334 e. The molecule has 2 aromatic rings. The van der Waals surface area contributed by atoms with Crippen molar-refractivity contribution in [3.8, 4) is 0 Å². The molecule has 0 radical (unpaired) electrons. The van der Waals surface area contributed by atoms with E-state index < -0.39 is 0 Å². The quantitative estimate of drug-likeness (QED) is 0.852. The summed E-state index contributed by atoms with van der Waals surface area (Å²) < 4.78 is 0. The topological polar surface area (TPSA) is 37.3 Å². The standard InChI is InChI=1S/C17H19N3S/c1-2-8-17(7-1)11-19-16(21-12-17)20-15-5-3-4-13-6-9-18-10-14(13)15/h3-6,9-10H,1-2,7-8,11-12H2,(H,19,20). The lowest BCUT2D eigenvalue weighted by Crippen LogP contribution is -2.30. The van der Waals surface area contributed by atoms with Crippen LogP contribution in [-0.2, 0) is 0 Å². The van der Waals surface area contributed by atoms with Crippen LogP contribution in [0, 0.1) is 5.41 Å². The molecule has 1 aromatic heterocycles. The van der Waals surface area contributed by atoms with Crippen LogP contribution >= 0.6 is 11.8 Å². The number of pyridine rings is 1. The predicted molar refractivity (Wildman–Crippen MR) is 91.0 cm³/mol. The lowest BCUT2D eigenvalue weighted by Gasteiger charge is -2.31. The van der Waals surface area contributed by atoms with Gasteiger partial charge in [0.1, 0.15) is 0 Å². The minimum absolute atomic E-state index is 0.496. The van der Waals surface area contributed by atoms with Crippen LogP contribution in [0.5, 0.6) is 0 Å². The van der Waals surface area contributed by atoms with Gasteiger partial charge in [-0.25, -0.2) is 0 Å². The number of hydrogen-bond donors (Lipinski definition) is 1. The molecule has 3 nitrogen and oxygen atoms in total. The zero-order valence-corrected chi connectivity index (χ0v) is 12.8. The zero-order chi connectivity index (χ0) is 14.1. The van der Waals surface area contributed by atoms with Crippen molar-refractivity contribution in [1.29, 1.82) is 0 Å². The van der Waals surface area contributed by atoms with E-state index in [4.69, 9.17) is 4.99 Å². The van der Waals surface area contributed by atoms with Gasteiger partial charge in [0.05, 0.1) is 0 Å². The third kappa shape index (κ3) is 2.53. The molecule has 4 heteroatoms. The Morgan fingerprint density at radius 1 is 1.14 bits per heavy atom. The van der Waals surface area contributed by atoms with Gasteiger partial charge in [-0.3, -0.25) is 9.98 Å². The molecule has 2 aliphatic rings. The minimum Gasteiger partial charge on any atom is -0.334 e. The van der Waals surface area contributed by atoms with Gasteiger partial charge in [-0.2, -0.15) is 0 Å². The number of nitrogens with zero attached hydrogens (tertiary/aromatic N) is 2. The van der Waals surface area contributed by atoms with Gasteiger partial charge in [0.2, 0.25) is 0 Å². The molecule has 1 spiro atoms. The first-order valence-electron chi connectivity index (χ1n) is 7.62. The highest BCUT2D eigenvalue weighted by Crippen LogP contribution is 2.43. The van der Waals surface area contributed by atoms with Gasteiger partial charge in [0.15, 0.2) is 5.17 Å². The number of amidine groups is 1. The van der Waals surface area contributed by atoms with E-state index in [9.17, 15) is 0 Å². The molecule has 0 saturated heterocycles. The molecule has 1 N–H and O–H groups in total. The van der Waals surface area contributed by atoms with E-state index in [1.165, 1.54) is 36.8 Å². The second-order valence-electron chi connectivity index (χ2n) is 6.14. The predicted octanol–water partition coefficient (Wildman–Crippen LogP) is 4.31. The number of hydrogen-bond acceptors (Lipinski definition) is 4. The summed E-state index contributed by atoms with van der Waals surface area (Å²) in [6.07, 6.45) is 9.23. The van der Waals surface area contributed by atoms with Gasteiger partial charge in [-0.05, 0) is 35.8 Å². The normalized spacial score (nSPS) is 20.7. The Labute approximate surface area is 129 Å². The van der Waals surface area contributed by atoms with Crippen molar-refractivity contribution in [2.45, 2.75) is 25.7 Å². The van der Waals surface area contributed by atoms with Crippen LogP contribution in [0.25, 0.3) is 10.8 Å². The SMILES string of the molecule is c1cc(NC2=NCC3(CCCC3)CS2)c2cnccc2c1. The summed E-state index contributed by atoms with van der Waals surface area (Å²) in [5.74, 6) is 1.21. The summed E-state index contributed by atoms with van der Waals surface area (Å²) in [5, 5.41) is 6.93. The van der Waals surface area contributed by atoms with Crippen LogP contribution in [0.4, 0.5) is 5.69 Å². The van der Waals surface area contributed by atoms with Crippen LogP contribution in [0.15, 0.2) is 41.7 Å². The van der Waals surface area contributed by atoms with Crippen LogP contribution in [0.3, 0.4) is 0 Å². The van der Waals surface area contributed by atoms with E-state index in [0.29, 0.717) is 5.41 Å². The highest BCUT2D eigenvalue weighted by molar-refractivity contribution is 8.14. The Bertz CT molecular complexity index is 684. The van der Waals surface area contributed by atoms with Crippen molar-refractivity contribution in [2.75, 3.05) is 17.6 Å². The third-order valence-electron chi connectivity index (χ3n) is 4.66.